The molecule has 4 heteroatoms. The zero-order chi connectivity index (χ0) is 13.3. The van der Waals surface area contributed by atoms with Gasteiger partial charge in [-0.15, -0.1) is 0 Å². The number of H-pyrrole nitrogens is 1. The summed E-state index contributed by atoms with van der Waals surface area (Å²) in [5, 5.41) is 1.11. The standard InChI is InChI=1S/C14H18N2O2/c1-8-4-5-12-10(6-8)11(7-16-12)9(2)13(15)14(17)18-3/h4-7,9,13,16H,15H2,1-3H3/t9-,13+/m0/s1. The van der Waals surface area contributed by atoms with E-state index in [0.29, 0.717) is 0 Å². The van der Waals surface area contributed by atoms with E-state index in [-0.39, 0.29) is 11.9 Å². The van der Waals surface area contributed by atoms with E-state index in [1.807, 2.05) is 32.2 Å². The number of benzene rings is 1. The topological polar surface area (TPSA) is 68.1 Å². The number of hydrogen-bond donors (Lipinski definition) is 2. The number of hydrogen-bond acceptors (Lipinski definition) is 3. The van der Waals surface area contributed by atoms with Crippen molar-refractivity contribution in [2.24, 2.45) is 5.73 Å². The molecular formula is C14H18N2O2. The Morgan fingerprint density at radius 2 is 2.17 bits per heavy atom. The number of aromatic amines is 1. The van der Waals surface area contributed by atoms with Gasteiger partial charge in [-0.2, -0.15) is 0 Å². The quantitative estimate of drug-likeness (QED) is 0.815. The largest absolute Gasteiger partial charge is 0.468 e. The predicted molar refractivity (Wildman–Crippen MR) is 71.4 cm³/mol. The van der Waals surface area contributed by atoms with E-state index in [0.717, 1.165) is 16.5 Å². The molecule has 0 saturated carbocycles. The van der Waals surface area contributed by atoms with Gasteiger partial charge in [-0.25, -0.2) is 0 Å². The number of carbonyl (C=O) groups excluding carboxylic acids is 1. The highest BCUT2D eigenvalue weighted by molar-refractivity contribution is 5.86. The van der Waals surface area contributed by atoms with Gasteiger partial charge in [0.1, 0.15) is 6.04 Å². The van der Waals surface area contributed by atoms with Gasteiger partial charge in [0.2, 0.25) is 0 Å². The second kappa shape index (κ2) is 4.82. The molecule has 1 aromatic carbocycles. The second-order valence-corrected chi connectivity index (χ2v) is 4.63. The van der Waals surface area contributed by atoms with Crippen LogP contribution in [0.25, 0.3) is 10.9 Å². The van der Waals surface area contributed by atoms with Crippen molar-refractivity contribution >= 4 is 16.9 Å². The average Bonchev–Trinajstić information content (AvgIpc) is 2.78. The smallest absolute Gasteiger partial charge is 0.323 e. The van der Waals surface area contributed by atoms with Crippen molar-refractivity contribution in [1.29, 1.82) is 0 Å². The van der Waals surface area contributed by atoms with Gasteiger partial charge in [0.15, 0.2) is 0 Å². The normalized spacial score (nSPS) is 14.4. The molecule has 0 spiro atoms. The summed E-state index contributed by atoms with van der Waals surface area (Å²) >= 11 is 0. The number of fused-ring (bicyclic) bond motifs is 1. The highest BCUT2D eigenvalue weighted by Crippen LogP contribution is 2.28. The van der Waals surface area contributed by atoms with Gasteiger partial charge in [0.05, 0.1) is 7.11 Å². The fourth-order valence-electron chi connectivity index (χ4n) is 2.17. The molecule has 0 aliphatic heterocycles. The second-order valence-electron chi connectivity index (χ2n) is 4.63. The third kappa shape index (κ3) is 2.11. The number of aromatic nitrogens is 1. The molecule has 0 fully saturated rings. The van der Waals surface area contributed by atoms with Crippen LogP contribution in [0.15, 0.2) is 24.4 Å². The van der Waals surface area contributed by atoms with Crippen LogP contribution in [0.1, 0.15) is 24.0 Å². The molecule has 4 nitrogen and oxygen atoms in total. The molecule has 2 atom stereocenters. The van der Waals surface area contributed by atoms with Crippen LogP contribution in [0, 0.1) is 6.92 Å². The SMILES string of the molecule is COC(=O)[C@H](N)[C@@H](C)c1c[nH]c2ccc(C)cc12. The molecule has 2 aromatic rings. The summed E-state index contributed by atoms with van der Waals surface area (Å²) < 4.78 is 4.69. The van der Waals surface area contributed by atoms with E-state index < -0.39 is 6.04 Å². The highest BCUT2D eigenvalue weighted by Gasteiger charge is 2.24. The lowest BCUT2D eigenvalue weighted by Crippen LogP contribution is -2.36. The van der Waals surface area contributed by atoms with E-state index in [2.05, 4.69) is 11.1 Å². The molecule has 18 heavy (non-hydrogen) atoms. The van der Waals surface area contributed by atoms with E-state index in [1.54, 1.807) is 0 Å². The summed E-state index contributed by atoms with van der Waals surface area (Å²) in [6.07, 6.45) is 1.91. The number of nitrogens with two attached hydrogens (primary N) is 1. The highest BCUT2D eigenvalue weighted by atomic mass is 16.5. The lowest BCUT2D eigenvalue weighted by atomic mass is 9.93. The Kier molecular flexibility index (Phi) is 3.39. The van der Waals surface area contributed by atoms with Crippen molar-refractivity contribution in [3.63, 3.8) is 0 Å². The Morgan fingerprint density at radius 3 is 2.83 bits per heavy atom. The molecule has 1 heterocycles. The summed E-state index contributed by atoms with van der Waals surface area (Å²) in [5.74, 6) is -0.475. The maximum atomic E-state index is 11.5. The first kappa shape index (κ1) is 12.6. The summed E-state index contributed by atoms with van der Waals surface area (Å²) in [6.45, 7) is 3.98. The molecule has 0 radical (unpaired) electrons. The van der Waals surface area contributed by atoms with Gasteiger partial charge in [-0.3, -0.25) is 4.79 Å². The Balaban J connectivity index is 2.41. The van der Waals surface area contributed by atoms with E-state index in [1.165, 1.54) is 12.7 Å². The minimum atomic E-state index is -0.644. The number of aryl methyl sites for hydroxylation is 1. The number of nitrogens with one attached hydrogen (secondary N) is 1. The van der Waals surface area contributed by atoms with Gasteiger partial charge in [0.25, 0.3) is 0 Å². The van der Waals surface area contributed by atoms with E-state index in [9.17, 15) is 4.79 Å². The van der Waals surface area contributed by atoms with Crippen LogP contribution in [0.4, 0.5) is 0 Å². The van der Waals surface area contributed by atoms with Gasteiger partial charge in [-0.1, -0.05) is 18.6 Å². The fourth-order valence-corrected chi connectivity index (χ4v) is 2.17. The zero-order valence-electron chi connectivity index (χ0n) is 10.9. The van der Waals surface area contributed by atoms with Crippen LogP contribution in [0.5, 0.6) is 0 Å². The molecule has 0 aliphatic rings. The van der Waals surface area contributed by atoms with Crippen LogP contribution < -0.4 is 5.73 Å². The van der Waals surface area contributed by atoms with Gasteiger partial charge < -0.3 is 15.5 Å². The number of carbonyl (C=O) groups is 1. The maximum absolute atomic E-state index is 11.5. The van der Waals surface area contributed by atoms with Crippen LogP contribution in [-0.2, 0) is 9.53 Å². The van der Waals surface area contributed by atoms with Crippen LogP contribution in [0.2, 0.25) is 0 Å². The molecule has 96 valence electrons. The van der Waals surface area contributed by atoms with Crippen LogP contribution >= 0.6 is 0 Å². The molecule has 0 saturated heterocycles. The number of ether oxygens (including phenoxy) is 1. The Labute approximate surface area is 106 Å². The van der Waals surface area contributed by atoms with Gasteiger partial charge in [-0.05, 0) is 24.6 Å². The third-order valence-electron chi connectivity index (χ3n) is 3.37. The summed E-state index contributed by atoms with van der Waals surface area (Å²) in [7, 11) is 1.36. The van der Waals surface area contributed by atoms with Crippen molar-refractivity contribution in [2.45, 2.75) is 25.8 Å². The lowest BCUT2D eigenvalue weighted by molar-refractivity contribution is -0.142. The van der Waals surface area contributed by atoms with Crippen LogP contribution in [0.3, 0.4) is 0 Å². The van der Waals surface area contributed by atoms with E-state index in [4.69, 9.17) is 10.5 Å². The fraction of sp³-hybridized carbons (Fsp3) is 0.357. The average molecular weight is 246 g/mol. The van der Waals surface area contributed by atoms with Crippen molar-refractivity contribution in [2.75, 3.05) is 7.11 Å². The third-order valence-corrected chi connectivity index (χ3v) is 3.37. The lowest BCUT2D eigenvalue weighted by Gasteiger charge is -2.17. The molecule has 0 bridgehead atoms. The number of rotatable bonds is 3. The first-order chi connectivity index (χ1) is 8.54. The van der Waals surface area contributed by atoms with Gasteiger partial charge >= 0.3 is 5.97 Å². The van der Waals surface area contributed by atoms with E-state index >= 15 is 0 Å². The van der Waals surface area contributed by atoms with Crippen molar-refractivity contribution in [3.8, 4) is 0 Å². The van der Waals surface area contributed by atoms with Crippen molar-refractivity contribution < 1.29 is 9.53 Å². The minimum Gasteiger partial charge on any atom is -0.468 e. The molecule has 1 aromatic heterocycles. The molecule has 0 amide bonds. The molecule has 0 aliphatic carbocycles. The minimum absolute atomic E-state index is 0.0898. The van der Waals surface area contributed by atoms with Crippen LogP contribution in [-0.4, -0.2) is 24.1 Å². The maximum Gasteiger partial charge on any atom is 0.323 e. The van der Waals surface area contributed by atoms with Crippen molar-refractivity contribution in [3.05, 3.63) is 35.5 Å². The zero-order valence-corrected chi connectivity index (χ0v) is 10.9. The molecular weight excluding hydrogens is 228 g/mol. The Hall–Kier alpha value is -1.81. The number of methoxy groups -OCH3 is 1. The van der Waals surface area contributed by atoms with Crippen molar-refractivity contribution in [1.82, 2.24) is 4.98 Å². The Bertz CT molecular complexity index is 574. The molecule has 3 N–H and O–H groups in total. The monoisotopic (exact) mass is 246 g/mol. The first-order valence-electron chi connectivity index (χ1n) is 5.95. The molecule has 2 rings (SSSR count). The first-order valence-corrected chi connectivity index (χ1v) is 5.95. The summed E-state index contributed by atoms with van der Waals surface area (Å²) in [4.78, 5) is 14.7. The number of esters is 1. The molecule has 0 unspecified atom stereocenters. The van der Waals surface area contributed by atoms with Gasteiger partial charge in [0, 0.05) is 23.0 Å². The predicted octanol–water partition coefficient (Wildman–Crippen LogP) is 2.08. The Morgan fingerprint density at radius 1 is 1.44 bits per heavy atom. The summed E-state index contributed by atoms with van der Waals surface area (Å²) in [5.41, 5.74) is 9.19. The summed E-state index contributed by atoms with van der Waals surface area (Å²) in [6, 6.07) is 5.54.